The lowest BCUT2D eigenvalue weighted by atomic mass is 9.91. The van der Waals surface area contributed by atoms with E-state index in [4.69, 9.17) is 9.47 Å². The monoisotopic (exact) mass is 296 g/mol. The molecule has 0 fully saturated rings. The molecule has 0 aliphatic carbocycles. The molecule has 3 rings (SSSR count). The van der Waals surface area contributed by atoms with Crippen molar-refractivity contribution in [1.82, 2.24) is 0 Å². The van der Waals surface area contributed by atoms with E-state index in [9.17, 15) is 9.90 Å². The zero-order chi connectivity index (χ0) is 15.5. The van der Waals surface area contributed by atoms with Crippen LogP contribution in [0.4, 0.5) is 0 Å². The van der Waals surface area contributed by atoms with Crippen LogP contribution in [-0.4, -0.2) is 24.8 Å². The number of para-hydroxylation sites is 2. The zero-order valence-corrected chi connectivity index (χ0v) is 12.2. The van der Waals surface area contributed by atoms with Crippen molar-refractivity contribution in [2.45, 2.75) is 6.42 Å². The minimum absolute atomic E-state index is 0.342. The quantitative estimate of drug-likeness (QED) is 0.943. The number of carbonyl (C=O) groups is 1. The van der Waals surface area contributed by atoms with E-state index in [1.807, 2.05) is 48.5 Å². The van der Waals surface area contributed by atoms with E-state index in [2.05, 4.69) is 0 Å². The van der Waals surface area contributed by atoms with E-state index in [-0.39, 0.29) is 0 Å². The lowest BCUT2D eigenvalue weighted by molar-refractivity contribution is -0.132. The van der Waals surface area contributed by atoms with Gasteiger partial charge in [-0.25, -0.2) is 4.79 Å². The summed E-state index contributed by atoms with van der Waals surface area (Å²) in [4.78, 5) is 11.7. The third-order valence-corrected chi connectivity index (χ3v) is 3.70. The summed E-state index contributed by atoms with van der Waals surface area (Å²) in [5.74, 6) is 0.411. The molecular formula is C18H16O4. The van der Waals surface area contributed by atoms with Crippen LogP contribution in [0.2, 0.25) is 0 Å². The molecule has 1 aliphatic rings. The summed E-state index contributed by atoms with van der Waals surface area (Å²) in [5.41, 5.74) is 2.55. The van der Waals surface area contributed by atoms with Crippen LogP contribution in [0.3, 0.4) is 0 Å². The summed E-state index contributed by atoms with van der Waals surface area (Å²) in [6, 6.07) is 14.9. The number of aliphatic carboxylic acids is 1. The van der Waals surface area contributed by atoms with E-state index >= 15 is 0 Å². The number of rotatable bonds is 3. The Bertz CT molecular complexity index is 746. The van der Waals surface area contributed by atoms with Gasteiger partial charge in [-0.3, -0.25) is 0 Å². The van der Waals surface area contributed by atoms with Gasteiger partial charge in [-0.2, -0.15) is 0 Å². The molecule has 0 aromatic heterocycles. The second-order valence-corrected chi connectivity index (χ2v) is 4.95. The number of carboxylic acids is 1. The number of methoxy groups -OCH3 is 1. The third kappa shape index (κ3) is 2.44. The normalized spacial score (nSPS) is 13.9. The Kier molecular flexibility index (Phi) is 3.83. The van der Waals surface area contributed by atoms with Crippen molar-refractivity contribution < 1.29 is 19.4 Å². The van der Waals surface area contributed by atoms with Crippen LogP contribution in [0.25, 0.3) is 5.57 Å². The molecule has 1 N–H and O–H groups in total. The van der Waals surface area contributed by atoms with Crippen LogP contribution in [0, 0.1) is 0 Å². The topological polar surface area (TPSA) is 55.8 Å². The highest BCUT2D eigenvalue weighted by molar-refractivity contribution is 6.02. The van der Waals surface area contributed by atoms with Gasteiger partial charge in [0.1, 0.15) is 11.5 Å². The predicted molar refractivity (Wildman–Crippen MR) is 83.2 cm³/mol. The van der Waals surface area contributed by atoms with Crippen molar-refractivity contribution in [3.63, 3.8) is 0 Å². The smallest absolute Gasteiger partial charge is 0.332 e. The standard InChI is InChI=1S/C18H16O4/c1-21-15-8-4-2-6-12(15)17-13-7-3-5-9-16(13)22-11-10-14(17)18(19)20/h2-9H,10-11H2,1H3,(H,19,20). The van der Waals surface area contributed by atoms with Gasteiger partial charge >= 0.3 is 5.97 Å². The Morgan fingerprint density at radius 1 is 1.09 bits per heavy atom. The molecule has 1 heterocycles. The maximum atomic E-state index is 11.7. The average molecular weight is 296 g/mol. The second kappa shape index (κ2) is 5.93. The fraction of sp³-hybridized carbons (Fsp3) is 0.167. The average Bonchev–Trinajstić information content (AvgIpc) is 2.74. The molecule has 0 spiro atoms. The lowest BCUT2D eigenvalue weighted by Crippen LogP contribution is -2.07. The molecule has 4 heteroatoms. The van der Waals surface area contributed by atoms with E-state index in [1.165, 1.54) is 0 Å². The maximum absolute atomic E-state index is 11.7. The predicted octanol–water partition coefficient (Wildman–Crippen LogP) is 3.36. The number of benzene rings is 2. The summed E-state index contributed by atoms with van der Waals surface area (Å²) in [5, 5.41) is 9.63. The number of carboxylic acid groups (broad SMARTS) is 1. The molecule has 0 saturated carbocycles. The first-order valence-electron chi connectivity index (χ1n) is 7.04. The van der Waals surface area contributed by atoms with Gasteiger partial charge in [-0.05, 0) is 12.1 Å². The van der Waals surface area contributed by atoms with Gasteiger partial charge in [0.25, 0.3) is 0 Å². The Hall–Kier alpha value is -2.75. The molecule has 2 aromatic rings. The molecule has 2 aromatic carbocycles. The molecule has 0 atom stereocenters. The minimum Gasteiger partial charge on any atom is -0.496 e. The number of ether oxygens (including phenoxy) is 2. The van der Waals surface area contributed by atoms with Gasteiger partial charge < -0.3 is 14.6 Å². The van der Waals surface area contributed by atoms with Crippen molar-refractivity contribution in [2.24, 2.45) is 0 Å². The molecular weight excluding hydrogens is 280 g/mol. The zero-order valence-electron chi connectivity index (χ0n) is 12.2. The van der Waals surface area contributed by atoms with E-state index < -0.39 is 5.97 Å². The fourth-order valence-electron chi connectivity index (χ4n) is 2.72. The Balaban J connectivity index is 2.33. The summed E-state index contributed by atoms with van der Waals surface area (Å²) >= 11 is 0. The van der Waals surface area contributed by atoms with Gasteiger partial charge in [-0.1, -0.05) is 36.4 Å². The van der Waals surface area contributed by atoms with Crippen molar-refractivity contribution in [3.8, 4) is 11.5 Å². The van der Waals surface area contributed by atoms with Crippen LogP contribution in [0.1, 0.15) is 17.5 Å². The largest absolute Gasteiger partial charge is 0.496 e. The molecule has 0 radical (unpaired) electrons. The van der Waals surface area contributed by atoms with Crippen LogP contribution >= 0.6 is 0 Å². The first-order chi connectivity index (χ1) is 10.7. The highest BCUT2D eigenvalue weighted by Crippen LogP contribution is 2.40. The third-order valence-electron chi connectivity index (χ3n) is 3.70. The fourth-order valence-corrected chi connectivity index (χ4v) is 2.72. The number of hydrogen-bond acceptors (Lipinski definition) is 3. The number of fused-ring (bicyclic) bond motifs is 1. The summed E-state index contributed by atoms with van der Waals surface area (Å²) < 4.78 is 11.1. The van der Waals surface area contributed by atoms with Crippen molar-refractivity contribution in [1.29, 1.82) is 0 Å². The van der Waals surface area contributed by atoms with Crippen LogP contribution in [0.5, 0.6) is 11.5 Å². The van der Waals surface area contributed by atoms with Gasteiger partial charge in [0.15, 0.2) is 0 Å². The first-order valence-corrected chi connectivity index (χ1v) is 7.04. The SMILES string of the molecule is COc1ccccc1C1=C(C(=O)O)CCOc2ccccc21. The molecule has 0 amide bonds. The van der Waals surface area contributed by atoms with Gasteiger partial charge in [0, 0.05) is 28.7 Å². The summed E-state index contributed by atoms with van der Waals surface area (Å²) in [6.07, 6.45) is 0.345. The second-order valence-electron chi connectivity index (χ2n) is 4.95. The Labute approximate surface area is 128 Å². The van der Waals surface area contributed by atoms with Crippen molar-refractivity contribution in [2.75, 3.05) is 13.7 Å². The molecule has 112 valence electrons. The Morgan fingerprint density at radius 2 is 1.77 bits per heavy atom. The maximum Gasteiger partial charge on any atom is 0.332 e. The highest BCUT2D eigenvalue weighted by Gasteiger charge is 2.25. The number of hydrogen-bond donors (Lipinski definition) is 1. The van der Waals surface area contributed by atoms with Gasteiger partial charge in [-0.15, -0.1) is 0 Å². The van der Waals surface area contributed by atoms with E-state index in [0.29, 0.717) is 35.7 Å². The van der Waals surface area contributed by atoms with Crippen LogP contribution < -0.4 is 9.47 Å². The van der Waals surface area contributed by atoms with Gasteiger partial charge in [0.2, 0.25) is 0 Å². The molecule has 1 aliphatic heterocycles. The summed E-state index contributed by atoms with van der Waals surface area (Å²) in [6.45, 7) is 0.345. The highest BCUT2D eigenvalue weighted by atomic mass is 16.5. The first kappa shape index (κ1) is 14.2. The van der Waals surface area contributed by atoms with E-state index in [1.54, 1.807) is 7.11 Å². The summed E-state index contributed by atoms with van der Waals surface area (Å²) in [7, 11) is 1.58. The van der Waals surface area contributed by atoms with E-state index in [0.717, 1.165) is 11.1 Å². The molecule has 22 heavy (non-hydrogen) atoms. The minimum atomic E-state index is -0.929. The Morgan fingerprint density at radius 3 is 2.50 bits per heavy atom. The van der Waals surface area contributed by atoms with Crippen LogP contribution in [-0.2, 0) is 4.79 Å². The lowest BCUT2D eigenvalue weighted by Gasteiger charge is -2.15. The molecule has 0 unspecified atom stereocenters. The van der Waals surface area contributed by atoms with Crippen molar-refractivity contribution in [3.05, 3.63) is 65.2 Å². The molecule has 0 saturated heterocycles. The van der Waals surface area contributed by atoms with Gasteiger partial charge in [0.05, 0.1) is 13.7 Å². The molecule has 4 nitrogen and oxygen atoms in total. The molecule has 0 bridgehead atoms. The van der Waals surface area contributed by atoms with Crippen LogP contribution in [0.15, 0.2) is 54.1 Å². The van der Waals surface area contributed by atoms with Crippen molar-refractivity contribution >= 4 is 11.5 Å².